The second-order valence-electron chi connectivity index (χ2n) is 4.25. The Bertz CT molecular complexity index is 850. The smallest absolute Gasteiger partial charge is 0.259 e. The first-order chi connectivity index (χ1) is 11.0. The van der Waals surface area contributed by atoms with Crippen molar-refractivity contribution in [1.82, 2.24) is 0 Å². The molecule has 2 aromatic rings. The van der Waals surface area contributed by atoms with Gasteiger partial charge in [0.05, 0.1) is 16.8 Å². The van der Waals surface area contributed by atoms with Crippen molar-refractivity contribution in [2.24, 2.45) is 10.2 Å². The van der Waals surface area contributed by atoms with Crippen molar-refractivity contribution in [2.45, 2.75) is 0 Å². The maximum Gasteiger partial charge on any atom is 0.259 e. The van der Waals surface area contributed by atoms with Gasteiger partial charge in [0.15, 0.2) is 0 Å². The number of hydrogen-bond donors (Lipinski definition) is 3. The minimum atomic E-state index is -2.31. The summed E-state index contributed by atoms with van der Waals surface area (Å²) < 4.78 is 22.1. The van der Waals surface area contributed by atoms with Gasteiger partial charge in [-0.25, -0.2) is 4.21 Å². The number of nitriles is 2. The SMILES string of the molecule is N#Cc1cccc(C#N)c1N=Nc1ccc(N)cc1NS(=O)O. The van der Waals surface area contributed by atoms with E-state index in [-0.39, 0.29) is 28.2 Å². The first-order valence-electron chi connectivity index (χ1n) is 6.17. The Morgan fingerprint density at radius 1 is 1.13 bits per heavy atom. The molecule has 0 saturated heterocycles. The number of nitrogens with two attached hydrogens (primary N) is 1. The van der Waals surface area contributed by atoms with E-state index in [0.717, 1.165) is 0 Å². The summed E-state index contributed by atoms with van der Waals surface area (Å²) in [7, 11) is 0. The lowest BCUT2D eigenvalue weighted by atomic mass is 10.1. The number of rotatable bonds is 4. The highest BCUT2D eigenvalue weighted by Gasteiger charge is 2.09. The van der Waals surface area contributed by atoms with Crippen LogP contribution in [-0.2, 0) is 11.3 Å². The monoisotopic (exact) mass is 326 g/mol. The average Bonchev–Trinajstić information content (AvgIpc) is 2.53. The van der Waals surface area contributed by atoms with Gasteiger partial charge in [-0.2, -0.15) is 10.5 Å². The van der Waals surface area contributed by atoms with Crippen LogP contribution in [0, 0.1) is 22.7 Å². The molecule has 0 aliphatic rings. The Morgan fingerprint density at radius 3 is 2.35 bits per heavy atom. The highest BCUT2D eigenvalue weighted by Crippen LogP contribution is 2.31. The van der Waals surface area contributed by atoms with Crippen LogP contribution in [0.1, 0.15) is 11.1 Å². The third kappa shape index (κ3) is 3.89. The average molecular weight is 326 g/mol. The van der Waals surface area contributed by atoms with Crippen molar-refractivity contribution in [1.29, 1.82) is 10.5 Å². The molecular formula is C14H10N6O2S. The fraction of sp³-hybridized carbons (Fsp3) is 0. The van der Waals surface area contributed by atoms with E-state index in [0.29, 0.717) is 5.69 Å². The molecule has 0 bridgehead atoms. The molecule has 1 unspecified atom stereocenters. The van der Waals surface area contributed by atoms with Crippen LogP contribution < -0.4 is 10.5 Å². The van der Waals surface area contributed by atoms with Gasteiger partial charge in [-0.05, 0) is 30.3 Å². The lowest BCUT2D eigenvalue weighted by Crippen LogP contribution is -2.02. The molecule has 0 spiro atoms. The fourth-order valence-corrected chi connectivity index (χ4v) is 2.10. The van der Waals surface area contributed by atoms with Crippen LogP contribution >= 0.6 is 0 Å². The predicted molar refractivity (Wildman–Crippen MR) is 85.3 cm³/mol. The molecule has 0 heterocycles. The lowest BCUT2D eigenvalue weighted by molar-refractivity contribution is 0.570. The summed E-state index contributed by atoms with van der Waals surface area (Å²) in [6.45, 7) is 0. The number of hydrogen-bond acceptors (Lipinski definition) is 6. The van der Waals surface area contributed by atoms with Gasteiger partial charge in [-0.1, -0.05) is 6.07 Å². The third-order valence-corrected chi connectivity index (χ3v) is 3.15. The molecule has 0 aliphatic carbocycles. The summed E-state index contributed by atoms with van der Waals surface area (Å²) in [5.74, 6) is 0. The minimum absolute atomic E-state index is 0.130. The Kier molecular flexibility index (Phi) is 5.00. The number of nitrogen functional groups attached to an aromatic ring is 1. The van der Waals surface area contributed by atoms with Gasteiger partial charge >= 0.3 is 0 Å². The van der Waals surface area contributed by atoms with E-state index in [1.54, 1.807) is 12.1 Å². The minimum Gasteiger partial charge on any atom is -0.399 e. The molecule has 114 valence electrons. The Balaban J connectivity index is 2.48. The number of anilines is 2. The van der Waals surface area contributed by atoms with E-state index in [9.17, 15) is 4.21 Å². The molecular weight excluding hydrogens is 316 g/mol. The van der Waals surface area contributed by atoms with Gasteiger partial charge in [0.2, 0.25) is 0 Å². The van der Waals surface area contributed by atoms with Gasteiger partial charge in [0.25, 0.3) is 11.3 Å². The molecule has 8 nitrogen and oxygen atoms in total. The molecule has 0 saturated carbocycles. The van der Waals surface area contributed by atoms with Crippen molar-refractivity contribution < 1.29 is 8.76 Å². The van der Waals surface area contributed by atoms with Crippen LogP contribution in [0.5, 0.6) is 0 Å². The Hall–Kier alpha value is -3.27. The van der Waals surface area contributed by atoms with Gasteiger partial charge in [-0.3, -0.25) is 9.27 Å². The maximum absolute atomic E-state index is 10.9. The topological polar surface area (TPSA) is 148 Å². The lowest BCUT2D eigenvalue weighted by Gasteiger charge is -2.06. The van der Waals surface area contributed by atoms with Crippen LogP contribution in [0.4, 0.5) is 22.7 Å². The zero-order valence-electron chi connectivity index (χ0n) is 11.6. The summed E-state index contributed by atoms with van der Waals surface area (Å²) in [6.07, 6.45) is 0. The molecule has 2 rings (SSSR count). The fourth-order valence-electron chi connectivity index (χ4n) is 1.75. The molecule has 0 fully saturated rings. The van der Waals surface area contributed by atoms with E-state index in [4.69, 9.17) is 20.8 Å². The van der Waals surface area contributed by atoms with Crippen molar-refractivity contribution in [2.75, 3.05) is 10.5 Å². The molecule has 4 N–H and O–H groups in total. The highest BCUT2D eigenvalue weighted by molar-refractivity contribution is 7.80. The van der Waals surface area contributed by atoms with Gasteiger partial charge in [0.1, 0.15) is 23.5 Å². The zero-order chi connectivity index (χ0) is 16.8. The maximum atomic E-state index is 10.9. The molecule has 9 heteroatoms. The van der Waals surface area contributed by atoms with E-state index in [1.807, 2.05) is 12.1 Å². The quantitative estimate of drug-likeness (QED) is 0.448. The Morgan fingerprint density at radius 2 is 1.78 bits per heavy atom. The van der Waals surface area contributed by atoms with Crippen LogP contribution in [0.2, 0.25) is 0 Å². The summed E-state index contributed by atoms with van der Waals surface area (Å²) in [5, 5.41) is 26.0. The third-order valence-electron chi connectivity index (χ3n) is 2.75. The number of azo groups is 1. The van der Waals surface area contributed by atoms with Crippen LogP contribution in [0.3, 0.4) is 0 Å². The molecule has 0 aliphatic heterocycles. The first-order valence-corrected chi connectivity index (χ1v) is 7.28. The number of benzene rings is 2. The van der Waals surface area contributed by atoms with Crippen LogP contribution in [0.25, 0.3) is 0 Å². The second-order valence-corrected chi connectivity index (χ2v) is 4.96. The van der Waals surface area contributed by atoms with Gasteiger partial charge in [0, 0.05) is 5.69 Å². The zero-order valence-corrected chi connectivity index (χ0v) is 12.4. The number of nitrogens with one attached hydrogen (secondary N) is 1. The summed E-state index contributed by atoms with van der Waals surface area (Å²) in [4.78, 5) is 0. The van der Waals surface area contributed by atoms with Gasteiger partial charge < -0.3 is 5.73 Å². The summed E-state index contributed by atoms with van der Waals surface area (Å²) >= 11 is -2.31. The number of nitrogens with zero attached hydrogens (tertiary/aromatic N) is 4. The van der Waals surface area contributed by atoms with Crippen molar-refractivity contribution in [3.63, 3.8) is 0 Å². The van der Waals surface area contributed by atoms with Crippen molar-refractivity contribution >= 4 is 34.0 Å². The predicted octanol–water partition coefficient (Wildman–Crippen LogP) is 2.98. The molecule has 0 amide bonds. The highest BCUT2D eigenvalue weighted by atomic mass is 32.2. The molecule has 0 radical (unpaired) electrons. The van der Waals surface area contributed by atoms with Gasteiger partial charge in [-0.15, -0.1) is 10.2 Å². The van der Waals surface area contributed by atoms with Crippen LogP contribution in [-0.4, -0.2) is 8.76 Å². The second kappa shape index (κ2) is 7.13. The summed E-state index contributed by atoms with van der Waals surface area (Å²) in [5.41, 5.74) is 6.95. The van der Waals surface area contributed by atoms with Crippen molar-refractivity contribution in [3.8, 4) is 12.1 Å². The van der Waals surface area contributed by atoms with E-state index in [1.165, 1.54) is 24.3 Å². The standard InChI is InChI=1S/C14H10N6O2S/c15-7-9-2-1-3-10(8-16)14(9)19-18-12-5-4-11(17)6-13(12)20-23(21)22/h1-6,20H,17H2,(H,21,22). The molecule has 23 heavy (non-hydrogen) atoms. The van der Waals surface area contributed by atoms with Crippen molar-refractivity contribution in [3.05, 3.63) is 47.5 Å². The largest absolute Gasteiger partial charge is 0.399 e. The molecule has 1 atom stereocenters. The molecule has 2 aromatic carbocycles. The first kappa shape index (κ1) is 16.1. The van der Waals surface area contributed by atoms with E-state index in [2.05, 4.69) is 15.0 Å². The Labute approximate surface area is 134 Å². The molecule has 0 aromatic heterocycles. The summed E-state index contributed by atoms with van der Waals surface area (Å²) in [6, 6.07) is 12.9. The van der Waals surface area contributed by atoms with Crippen LogP contribution in [0.15, 0.2) is 46.6 Å². The normalized spacial score (nSPS) is 11.6. The van der Waals surface area contributed by atoms with E-state index < -0.39 is 11.3 Å². The van der Waals surface area contributed by atoms with E-state index >= 15 is 0 Å².